The maximum atomic E-state index is 12.0. The van der Waals surface area contributed by atoms with Crippen LogP contribution in [0.15, 0.2) is 4.47 Å². The number of carbonyl (C=O) groups is 1. The van der Waals surface area contributed by atoms with Gasteiger partial charge in [0, 0.05) is 18.5 Å². The van der Waals surface area contributed by atoms with Gasteiger partial charge in [0.05, 0.1) is 21.9 Å². The Morgan fingerprint density at radius 3 is 2.36 bits per heavy atom. The number of carbonyl (C=O) groups excluding carboxylic acids is 1. The van der Waals surface area contributed by atoms with Crippen LogP contribution in [0.2, 0.25) is 0 Å². The molecule has 0 radical (unpaired) electrons. The highest BCUT2D eigenvalue weighted by molar-refractivity contribution is 9.10. The Kier molecular flexibility index (Phi) is 3.59. The van der Waals surface area contributed by atoms with E-state index in [1.807, 2.05) is 32.6 Å². The molecule has 0 aromatic carbocycles. The second kappa shape index (κ2) is 4.98. The topological polar surface area (TPSA) is 47.4 Å². The number of amides is 1. The predicted octanol–water partition coefficient (Wildman–Crippen LogP) is 3.83. The molecule has 1 amide bonds. The number of likely N-dealkylation sites (tertiary alicyclic amines) is 1. The fraction of sp³-hybridized carbons (Fsp3) is 0.750. The zero-order chi connectivity index (χ0) is 16.3. The van der Waals surface area contributed by atoms with Gasteiger partial charge in [-0.05, 0) is 63.4 Å². The molecule has 2 heterocycles. The van der Waals surface area contributed by atoms with E-state index < -0.39 is 5.60 Å². The summed E-state index contributed by atoms with van der Waals surface area (Å²) in [5.41, 5.74) is 2.11. The molecule has 3 rings (SSSR count). The van der Waals surface area contributed by atoms with Crippen molar-refractivity contribution in [2.24, 2.45) is 5.41 Å². The largest absolute Gasteiger partial charge is 0.444 e. The lowest BCUT2D eigenvalue weighted by atomic mass is 9.61. The van der Waals surface area contributed by atoms with Gasteiger partial charge < -0.3 is 9.64 Å². The summed E-state index contributed by atoms with van der Waals surface area (Å²) in [7, 11) is 0. The molecule has 2 fully saturated rings. The Balaban J connectivity index is 1.55. The second-order valence-corrected chi connectivity index (χ2v) is 8.62. The predicted molar refractivity (Wildman–Crippen MR) is 87.9 cm³/mol. The molecule has 1 aliphatic carbocycles. The summed E-state index contributed by atoms with van der Waals surface area (Å²) in [4.78, 5) is 13.8. The molecular formula is C16H24BrN3O2. The number of halogens is 1. The van der Waals surface area contributed by atoms with E-state index >= 15 is 0 Å². The molecule has 1 aromatic rings. The van der Waals surface area contributed by atoms with Crippen LogP contribution in [0.3, 0.4) is 0 Å². The van der Waals surface area contributed by atoms with Gasteiger partial charge in [-0.25, -0.2) is 4.79 Å². The maximum Gasteiger partial charge on any atom is 0.410 e. The smallest absolute Gasteiger partial charge is 0.410 e. The van der Waals surface area contributed by atoms with Crippen molar-refractivity contribution in [1.82, 2.24) is 14.7 Å². The van der Waals surface area contributed by atoms with E-state index in [1.54, 1.807) is 0 Å². The normalized spacial score (nSPS) is 20.7. The second-order valence-electron chi connectivity index (χ2n) is 7.83. The molecule has 1 spiro atoms. The molecule has 2 aliphatic rings. The van der Waals surface area contributed by atoms with Crippen molar-refractivity contribution < 1.29 is 9.53 Å². The highest BCUT2D eigenvalue weighted by Gasteiger charge is 2.55. The molecule has 122 valence electrons. The first-order valence-electron chi connectivity index (χ1n) is 7.79. The van der Waals surface area contributed by atoms with Gasteiger partial charge in [-0.1, -0.05) is 0 Å². The van der Waals surface area contributed by atoms with Gasteiger partial charge in [-0.2, -0.15) is 5.10 Å². The molecule has 0 N–H and O–H groups in total. The minimum absolute atomic E-state index is 0.185. The van der Waals surface area contributed by atoms with Crippen LogP contribution in [0.1, 0.15) is 51.0 Å². The first kappa shape index (κ1) is 15.8. The van der Waals surface area contributed by atoms with Gasteiger partial charge in [0.15, 0.2) is 0 Å². The lowest BCUT2D eigenvalue weighted by molar-refractivity contribution is -0.0931. The monoisotopic (exact) mass is 369 g/mol. The summed E-state index contributed by atoms with van der Waals surface area (Å²) in [6.45, 7) is 11.5. The zero-order valence-electron chi connectivity index (χ0n) is 13.9. The molecular weight excluding hydrogens is 346 g/mol. The summed E-state index contributed by atoms with van der Waals surface area (Å²) < 4.78 is 8.66. The average molecular weight is 370 g/mol. The minimum Gasteiger partial charge on any atom is -0.444 e. The molecule has 0 bridgehead atoms. The van der Waals surface area contributed by atoms with E-state index in [9.17, 15) is 4.79 Å². The molecule has 0 unspecified atom stereocenters. The first-order valence-corrected chi connectivity index (χ1v) is 8.59. The van der Waals surface area contributed by atoms with Crippen LogP contribution in [0.25, 0.3) is 0 Å². The Morgan fingerprint density at radius 1 is 1.32 bits per heavy atom. The van der Waals surface area contributed by atoms with Crippen LogP contribution in [-0.4, -0.2) is 39.5 Å². The molecule has 1 aromatic heterocycles. The third kappa shape index (κ3) is 2.66. The average Bonchev–Trinajstić information content (AvgIpc) is 2.51. The van der Waals surface area contributed by atoms with Crippen LogP contribution in [-0.2, 0) is 4.74 Å². The summed E-state index contributed by atoms with van der Waals surface area (Å²) in [5.74, 6) is 0. The highest BCUT2D eigenvalue weighted by atomic mass is 79.9. The third-order valence-corrected chi connectivity index (χ3v) is 5.77. The SMILES string of the molecule is Cc1nn(C2CC3(C2)CN(C(=O)OC(C)(C)C)C3)c(C)c1Br. The molecule has 1 saturated heterocycles. The molecule has 5 nitrogen and oxygen atoms in total. The van der Waals surface area contributed by atoms with Crippen molar-refractivity contribution in [1.29, 1.82) is 0 Å². The fourth-order valence-electron chi connectivity index (χ4n) is 3.59. The van der Waals surface area contributed by atoms with Crippen LogP contribution in [0.5, 0.6) is 0 Å². The fourth-order valence-corrected chi connectivity index (χ4v) is 3.85. The van der Waals surface area contributed by atoms with Crippen LogP contribution in [0.4, 0.5) is 4.79 Å². The van der Waals surface area contributed by atoms with Gasteiger partial charge >= 0.3 is 6.09 Å². The highest BCUT2D eigenvalue weighted by Crippen LogP contribution is 2.54. The maximum absolute atomic E-state index is 12.0. The number of aromatic nitrogens is 2. The van der Waals surface area contributed by atoms with Crippen molar-refractivity contribution in [3.8, 4) is 0 Å². The molecule has 1 saturated carbocycles. The lowest BCUT2D eigenvalue weighted by Gasteiger charge is -2.58. The first-order chi connectivity index (χ1) is 10.1. The van der Waals surface area contributed by atoms with Crippen LogP contribution >= 0.6 is 15.9 Å². The van der Waals surface area contributed by atoms with Gasteiger partial charge in [0.2, 0.25) is 0 Å². The van der Waals surface area contributed by atoms with E-state index in [0.717, 1.165) is 36.1 Å². The van der Waals surface area contributed by atoms with Crippen LogP contribution in [0, 0.1) is 19.3 Å². The van der Waals surface area contributed by atoms with Crippen molar-refractivity contribution in [3.05, 3.63) is 15.9 Å². The van der Waals surface area contributed by atoms with Gasteiger partial charge in [0.1, 0.15) is 5.60 Å². The summed E-state index contributed by atoms with van der Waals surface area (Å²) in [6.07, 6.45) is 2.01. The van der Waals surface area contributed by atoms with E-state index in [4.69, 9.17) is 4.74 Å². The number of aryl methyl sites for hydroxylation is 1. The van der Waals surface area contributed by atoms with Crippen molar-refractivity contribution in [3.63, 3.8) is 0 Å². The number of hydrogen-bond acceptors (Lipinski definition) is 3. The van der Waals surface area contributed by atoms with Crippen molar-refractivity contribution in [2.75, 3.05) is 13.1 Å². The Labute approximate surface area is 140 Å². The van der Waals surface area contributed by atoms with Crippen molar-refractivity contribution in [2.45, 2.75) is 59.1 Å². The van der Waals surface area contributed by atoms with Crippen LogP contribution < -0.4 is 0 Å². The van der Waals surface area contributed by atoms with E-state index in [-0.39, 0.29) is 6.09 Å². The summed E-state index contributed by atoms with van der Waals surface area (Å²) >= 11 is 3.58. The van der Waals surface area contributed by atoms with E-state index in [1.165, 1.54) is 5.69 Å². The lowest BCUT2D eigenvalue weighted by Crippen LogP contribution is -2.64. The molecule has 6 heteroatoms. The molecule has 22 heavy (non-hydrogen) atoms. The number of rotatable bonds is 1. The minimum atomic E-state index is -0.419. The van der Waals surface area contributed by atoms with Gasteiger partial charge in [-0.3, -0.25) is 4.68 Å². The number of ether oxygens (including phenoxy) is 1. The summed E-state index contributed by atoms with van der Waals surface area (Å²) in [5, 5.41) is 4.62. The number of hydrogen-bond donors (Lipinski definition) is 0. The van der Waals surface area contributed by atoms with E-state index in [0.29, 0.717) is 11.5 Å². The van der Waals surface area contributed by atoms with Gasteiger partial charge in [-0.15, -0.1) is 0 Å². The Morgan fingerprint density at radius 2 is 1.91 bits per heavy atom. The zero-order valence-corrected chi connectivity index (χ0v) is 15.5. The third-order valence-electron chi connectivity index (χ3n) is 4.62. The Bertz CT molecular complexity index is 604. The number of nitrogens with zero attached hydrogens (tertiary/aromatic N) is 3. The summed E-state index contributed by atoms with van der Waals surface area (Å²) in [6, 6.07) is 0.464. The standard InChI is InChI=1S/C16H24BrN3O2/c1-10-13(17)11(2)20(18-10)12-6-16(7-12)8-19(9-16)14(21)22-15(3,4)5/h12H,6-9H2,1-5H3. The van der Waals surface area contributed by atoms with Gasteiger partial charge in [0.25, 0.3) is 0 Å². The van der Waals surface area contributed by atoms with E-state index in [2.05, 4.69) is 32.6 Å². The molecule has 1 aliphatic heterocycles. The Hall–Kier alpha value is -1.04. The van der Waals surface area contributed by atoms with Crippen molar-refractivity contribution >= 4 is 22.0 Å². The quantitative estimate of drug-likeness (QED) is 0.755. The molecule has 0 atom stereocenters.